The van der Waals surface area contributed by atoms with Gasteiger partial charge < -0.3 is 14.8 Å². The lowest BCUT2D eigenvalue weighted by Gasteiger charge is -2.10. The topological polar surface area (TPSA) is 64.6 Å². The quantitative estimate of drug-likeness (QED) is 0.430. The predicted octanol–water partition coefficient (Wildman–Crippen LogP) is 4.78. The summed E-state index contributed by atoms with van der Waals surface area (Å²) in [5.74, 6) is -0.299. The summed E-state index contributed by atoms with van der Waals surface area (Å²) in [7, 11) is 0. The molecule has 0 atom stereocenters. The van der Waals surface area contributed by atoms with Crippen LogP contribution in [0, 0.1) is 0 Å². The Labute approximate surface area is 174 Å². The summed E-state index contributed by atoms with van der Waals surface area (Å²) in [6.07, 6.45) is 1.93. The molecule has 0 fully saturated rings. The van der Waals surface area contributed by atoms with Crippen molar-refractivity contribution < 1.29 is 19.1 Å². The van der Waals surface area contributed by atoms with Gasteiger partial charge in [0.25, 0.3) is 5.91 Å². The lowest BCUT2D eigenvalue weighted by molar-refractivity contribution is -0.119. The molecule has 3 rings (SSSR count). The highest BCUT2D eigenvalue weighted by molar-refractivity contribution is 7.98. The molecule has 1 N–H and O–H groups in total. The normalized spacial score (nSPS) is 10.2. The average Bonchev–Trinajstić information content (AvgIpc) is 2.77. The molecule has 1 amide bonds. The van der Waals surface area contributed by atoms with Crippen molar-refractivity contribution in [1.29, 1.82) is 0 Å². The molecule has 5 nitrogen and oxygen atoms in total. The first kappa shape index (κ1) is 20.5. The zero-order valence-electron chi connectivity index (χ0n) is 16.0. The third kappa shape index (κ3) is 6.12. The summed E-state index contributed by atoms with van der Waals surface area (Å²) in [5.41, 5.74) is 2.11. The fourth-order valence-corrected chi connectivity index (χ4v) is 3.13. The van der Waals surface area contributed by atoms with Gasteiger partial charge in [0.15, 0.2) is 6.61 Å². The fourth-order valence-electron chi connectivity index (χ4n) is 2.58. The number of amides is 1. The molecule has 6 heteroatoms. The Morgan fingerprint density at radius 3 is 2.31 bits per heavy atom. The predicted molar refractivity (Wildman–Crippen MR) is 114 cm³/mol. The molecule has 0 bridgehead atoms. The number of carbonyl (C=O) groups excluding carboxylic acids is 2. The van der Waals surface area contributed by atoms with Crippen LogP contribution in [-0.2, 0) is 16.1 Å². The fraction of sp³-hybridized carbons (Fsp3) is 0.130. The second-order valence-electron chi connectivity index (χ2n) is 6.12. The molecule has 0 spiro atoms. The van der Waals surface area contributed by atoms with E-state index >= 15 is 0 Å². The molecule has 0 saturated heterocycles. The molecule has 3 aromatic rings. The van der Waals surface area contributed by atoms with Gasteiger partial charge in [-0.15, -0.1) is 11.8 Å². The van der Waals surface area contributed by atoms with E-state index in [4.69, 9.17) is 9.47 Å². The van der Waals surface area contributed by atoms with E-state index in [-0.39, 0.29) is 12.5 Å². The zero-order chi connectivity index (χ0) is 20.5. The van der Waals surface area contributed by atoms with Crippen molar-refractivity contribution in [2.24, 2.45) is 0 Å². The minimum atomic E-state index is -0.562. The Morgan fingerprint density at radius 1 is 0.897 bits per heavy atom. The van der Waals surface area contributed by atoms with Gasteiger partial charge in [-0.1, -0.05) is 42.5 Å². The summed E-state index contributed by atoms with van der Waals surface area (Å²) < 4.78 is 10.8. The van der Waals surface area contributed by atoms with Crippen molar-refractivity contribution in [3.05, 3.63) is 90.0 Å². The van der Waals surface area contributed by atoms with Crippen LogP contribution in [0.2, 0.25) is 0 Å². The van der Waals surface area contributed by atoms with Crippen LogP contribution in [0.15, 0.2) is 83.8 Å². The minimum Gasteiger partial charge on any atom is -0.489 e. The highest BCUT2D eigenvalue weighted by Gasteiger charge is 2.12. The van der Waals surface area contributed by atoms with Gasteiger partial charge in [-0.05, 0) is 48.2 Å². The third-order valence-electron chi connectivity index (χ3n) is 4.05. The molecular formula is C23H21NO4S. The Kier molecular flexibility index (Phi) is 7.30. The van der Waals surface area contributed by atoms with Gasteiger partial charge in [0.1, 0.15) is 12.4 Å². The van der Waals surface area contributed by atoms with Gasteiger partial charge in [-0.25, -0.2) is 4.79 Å². The van der Waals surface area contributed by atoms with E-state index in [1.54, 1.807) is 30.3 Å². The van der Waals surface area contributed by atoms with Crippen LogP contribution in [0.3, 0.4) is 0 Å². The van der Waals surface area contributed by atoms with Crippen LogP contribution >= 0.6 is 11.8 Å². The van der Waals surface area contributed by atoms with Crippen LogP contribution in [0.25, 0.3) is 0 Å². The summed E-state index contributed by atoms with van der Waals surface area (Å²) in [6, 6.07) is 23.9. The van der Waals surface area contributed by atoms with Crippen LogP contribution in [-0.4, -0.2) is 24.7 Å². The van der Waals surface area contributed by atoms with E-state index in [0.29, 0.717) is 23.6 Å². The minimum absolute atomic E-state index is 0.353. The number of esters is 1. The molecule has 0 aliphatic heterocycles. The van der Waals surface area contributed by atoms with Crippen molar-refractivity contribution in [3.63, 3.8) is 0 Å². The summed E-state index contributed by atoms with van der Waals surface area (Å²) >= 11 is 1.53. The second kappa shape index (κ2) is 10.3. The number of rotatable bonds is 8. The number of thioether (sulfide) groups is 1. The number of anilines is 1. The molecule has 0 aliphatic rings. The molecule has 29 heavy (non-hydrogen) atoms. The number of nitrogens with one attached hydrogen (secondary N) is 1. The van der Waals surface area contributed by atoms with E-state index in [1.165, 1.54) is 11.8 Å². The molecule has 0 aliphatic carbocycles. The first-order valence-corrected chi connectivity index (χ1v) is 10.2. The van der Waals surface area contributed by atoms with E-state index < -0.39 is 5.97 Å². The molecule has 0 saturated carbocycles. The Morgan fingerprint density at radius 2 is 1.59 bits per heavy atom. The first-order chi connectivity index (χ1) is 14.2. The van der Waals surface area contributed by atoms with Crippen molar-refractivity contribution in [3.8, 4) is 5.75 Å². The second-order valence-corrected chi connectivity index (χ2v) is 6.97. The van der Waals surface area contributed by atoms with Gasteiger partial charge in [-0.3, -0.25) is 4.79 Å². The van der Waals surface area contributed by atoms with E-state index in [1.807, 2.05) is 54.8 Å². The highest BCUT2D eigenvalue weighted by atomic mass is 32.2. The largest absolute Gasteiger partial charge is 0.489 e. The maximum Gasteiger partial charge on any atom is 0.338 e. The van der Waals surface area contributed by atoms with Crippen LogP contribution in [0.1, 0.15) is 15.9 Å². The Hall–Kier alpha value is -3.25. The lowest BCUT2D eigenvalue weighted by Crippen LogP contribution is -2.21. The van der Waals surface area contributed by atoms with Gasteiger partial charge in [0, 0.05) is 4.90 Å². The van der Waals surface area contributed by atoms with E-state index in [0.717, 1.165) is 10.5 Å². The molecular weight excluding hydrogens is 386 g/mol. The average molecular weight is 407 g/mol. The van der Waals surface area contributed by atoms with Crippen molar-refractivity contribution in [2.75, 3.05) is 18.2 Å². The number of benzene rings is 3. The van der Waals surface area contributed by atoms with Crippen molar-refractivity contribution >= 4 is 29.3 Å². The maximum atomic E-state index is 12.2. The van der Waals surface area contributed by atoms with E-state index in [9.17, 15) is 9.59 Å². The van der Waals surface area contributed by atoms with Crippen LogP contribution in [0.5, 0.6) is 5.75 Å². The van der Waals surface area contributed by atoms with Gasteiger partial charge in [0.2, 0.25) is 0 Å². The van der Waals surface area contributed by atoms with Crippen LogP contribution in [0.4, 0.5) is 5.69 Å². The number of para-hydroxylation sites is 1. The van der Waals surface area contributed by atoms with E-state index in [2.05, 4.69) is 5.32 Å². The van der Waals surface area contributed by atoms with Gasteiger partial charge in [0.05, 0.1) is 11.3 Å². The van der Waals surface area contributed by atoms with Crippen LogP contribution < -0.4 is 10.1 Å². The number of hydrogen-bond acceptors (Lipinski definition) is 5. The molecule has 3 aromatic carbocycles. The molecule has 0 radical (unpaired) electrons. The molecule has 0 unspecified atom stereocenters. The highest BCUT2D eigenvalue weighted by Crippen LogP contribution is 2.24. The maximum absolute atomic E-state index is 12.2. The van der Waals surface area contributed by atoms with Crippen molar-refractivity contribution in [1.82, 2.24) is 0 Å². The molecule has 148 valence electrons. The van der Waals surface area contributed by atoms with Gasteiger partial charge in [-0.2, -0.15) is 0 Å². The SMILES string of the molecule is CSc1ccccc1NC(=O)COC(=O)c1ccc(OCc2ccccc2)cc1. The molecule has 0 aromatic heterocycles. The Bertz CT molecular complexity index is 958. The number of hydrogen-bond donors (Lipinski definition) is 1. The number of ether oxygens (including phenoxy) is 2. The lowest BCUT2D eigenvalue weighted by atomic mass is 10.2. The Balaban J connectivity index is 1.48. The molecule has 0 heterocycles. The van der Waals surface area contributed by atoms with Gasteiger partial charge >= 0.3 is 5.97 Å². The summed E-state index contributed by atoms with van der Waals surface area (Å²) in [6.45, 7) is 0.0934. The standard InChI is InChI=1S/C23H21NO4S/c1-29-21-10-6-5-9-20(21)24-22(25)16-28-23(26)18-11-13-19(14-12-18)27-15-17-7-3-2-4-8-17/h2-14H,15-16H2,1H3,(H,24,25). The number of carbonyl (C=O) groups is 2. The summed E-state index contributed by atoms with van der Waals surface area (Å²) in [4.78, 5) is 25.2. The zero-order valence-corrected chi connectivity index (χ0v) is 16.8. The smallest absolute Gasteiger partial charge is 0.338 e. The monoisotopic (exact) mass is 407 g/mol. The first-order valence-electron chi connectivity index (χ1n) is 9.02. The summed E-state index contributed by atoms with van der Waals surface area (Å²) in [5, 5.41) is 2.75. The third-order valence-corrected chi connectivity index (χ3v) is 4.85. The van der Waals surface area contributed by atoms with Crippen molar-refractivity contribution in [2.45, 2.75) is 11.5 Å².